The molecule has 1 atom stereocenters. The minimum absolute atomic E-state index is 0.102. The molecule has 0 spiro atoms. The van der Waals surface area contributed by atoms with Crippen molar-refractivity contribution < 1.29 is 9.59 Å². The van der Waals surface area contributed by atoms with Crippen LogP contribution in [-0.4, -0.2) is 29.3 Å². The number of amides is 2. The van der Waals surface area contributed by atoms with Crippen LogP contribution in [-0.2, 0) is 9.59 Å². The molecule has 1 saturated heterocycles. The summed E-state index contributed by atoms with van der Waals surface area (Å²) in [5, 5.41) is 6.19. The number of carbonyl (C=O) groups excluding carboxylic acids is 2. The molecule has 6 nitrogen and oxygen atoms in total. The molecule has 0 saturated carbocycles. The van der Waals surface area contributed by atoms with Crippen LogP contribution in [0.15, 0.2) is 10.3 Å². The van der Waals surface area contributed by atoms with Crippen LogP contribution in [0.1, 0.15) is 26.2 Å². The number of piperidine rings is 1. The normalized spacial score (nSPS) is 22.6. The molecular formula is C8H14N4O2. The second-order valence-electron chi connectivity index (χ2n) is 3.28. The predicted molar refractivity (Wildman–Crippen MR) is 49.1 cm³/mol. The molecule has 0 aliphatic carbocycles. The molecule has 14 heavy (non-hydrogen) atoms. The van der Waals surface area contributed by atoms with Crippen molar-refractivity contribution in [2.24, 2.45) is 16.2 Å². The topological polar surface area (TPSA) is 88.1 Å². The van der Waals surface area contributed by atoms with Crippen molar-refractivity contribution >= 4 is 11.8 Å². The summed E-state index contributed by atoms with van der Waals surface area (Å²) < 4.78 is 0. The Hall–Kier alpha value is -1.46. The van der Waals surface area contributed by atoms with Crippen LogP contribution < -0.4 is 5.84 Å². The molecule has 1 rings (SSSR count). The SMILES string of the molecule is CC(=O)N1CCCC[C@@H]1C(=O)N=NN. The highest BCUT2D eigenvalue weighted by molar-refractivity contribution is 5.87. The van der Waals surface area contributed by atoms with Gasteiger partial charge in [0.1, 0.15) is 6.04 Å². The molecule has 1 aliphatic rings. The first-order chi connectivity index (χ1) is 6.66. The Morgan fingerprint density at radius 2 is 2.14 bits per heavy atom. The fraction of sp³-hybridized carbons (Fsp3) is 0.750. The van der Waals surface area contributed by atoms with Crippen molar-refractivity contribution in [3.8, 4) is 0 Å². The highest BCUT2D eigenvalue weighted by Gasteiger charge is 2.30. The molecule has 0 aromatic heterocycles. The van der Waals surface area contributed by atoms with Gasteiger partial charge in [-0.05, 0) is 19.3 Å². The van der Waals surface area contributed by atoms with Crippen LogP contribution in [0.2, 0.25) is 0 Å². The van der Waals surface area contributed by atoms with Crippen molar-refractivity contribution in [3.63, 3.8) is 0 Å². The monoisotopic (exact) mass is 198 g/mol. The van der Waals surface area contributed by atoms with Crippen LogP contribution in [0, 0.1) is 0 Å². The molecule has 2 amide bonds. The molecule has 1 heterocycles. The van der Waals surface area contributed by atoms with E-state index in [1.807, 2.05) is 0 Å². The summed E-state index contributed by atoms with van der Waals surface area (Å²) in [4.78, 5) is 24.1. The van der Waals surface area contributed by atoms with Crippen LogP contribution in [0.4, 0.5) is 0 Å². The van der Waals surface area contributed by atoms with Crippen molar-refractivity contribution in [2.75, 3.05) is 6.54 Å². The Labute approximate surface area is 82.1 Å². The smallest absolute Gasteiger partial charge is 0.288 e. The largest absolute Gasteiger partial charge is 0.331 e. The van der Waals surface area contributed by atoms with Gasteiger partial charge in [0.2, 0.25) is 5.91 Å². The molecule has 0 aromatic rings. The fourth-order valence-electron chi connectivity index (χ4n) is 1.69. The quantitative estimate of drug-likeness (QED) is 0.372. The van der Waals surface area contributed by atoms with Gasteiger partial charge in [0, 0.05) is 13.5 Å². The van der Waals surface area contributed by atoms with Crippen molar-refractivity contribution in [2.45, 2.75) is 32.2 Å². The van der Waals surface area contributed by atoms with Gasteiger partial charge >= 0.3 is 0 Å². The van der Waals surface area contributed by atoms with Gasteiger partial charge in [0.25, 0.3) is 5.91 Å². The van der Waals surface area contributed by atoms with Gasteiger partial charge in [-0.2, -0.15) is 0 Å². The van der Waals surface area contributed by atoms with Crippen LogP contribution >= 0.6 is 0 Å². The van der Waals surface area contributed by atoms with Crippen LogP contribution in [0.3, 0.4) is 0 Å². The molecule has 78 valence electrons. The van der Waals surface area contributed by atoms with Crippen molar-refractivity contribution in [1.82, 2.24) is 4.90 Å². The second-order valence-corrected chi connectivity index (χ2v) is 3.28. The zero-order chi connectivity index (χ0) is 10.6. The number of hydrogen-bond acceptors (Lipinski definition) is 3. The molecule has 0 bridgehead atoms. The lowest BCUT2D eigenvalue weighted by Crippen LogP contribution is -2.46. The lowest BCUT2D eigenvalue weighted by Gasteiger charge is -2.32. The lowest BCUT2D eigenvalue weighted by atomic mass is 10.0. The van der Waals surface area contributed by atoms with Gasteiger partial charge in [-0.15, -0.1) is 0 Å². The first kappa shape index (κ1) is 10.6. The number of carbonyl (C=O) groups is 2. The van der Waals surface area contributed by atoms with Gasteiger partial charge in [0.05, 0.1) is 0 Å². The van der Waals surface area contributed by atoms with E-state index in [2.05, 4.69) is 10.3 Å². The average Bonchev–Trinajstić information content (AvgIpc) is 2.18. The number of hydrogen-bond donors (Lipinski definition) is 1. The number of nitrogens with zero attached hydrogens (tertiary/aromatic N) is 3. The summed E-state index contributed by atoms with van der Waals surface area (Å²) in [7, 11) is 0. The Balaban J connectivity index is 2.72. The van der Waals surface area contributed by atoms with E-state index in [-0.39, 0.29) is 5.91 Å². The summed E-state index contributed by atoms with van der Waals surface area (Å²) in [6.07, 6.45) is 2.51. The third-order valence-corrected chi connectivity index (χ3v) is 2.35. The first-order valence-electron chi connectivity index (χ1n) is 4.59. The van der Waals surface area contributed by atoms with Crippen molar-refractivity contribution in [1.29, 1.82) is 0 Å². The average molecular weight is 198 g/mol. The summed E-state index contributed by atoms with van der Waals surface area (Å²) in [6, 6.07) is -0.464. The summed E-state index contributed by atoms with van der Waals surface area (Å²) in [6.45, 7) is 2.07. The maximum absolute atomic E-state index is 11.4. The molecule has 1 aliphatic heterocycles. The molecule has 1 fully saturated rings. The zero-order valence-electron chi connectivity index (χ0n) is 8.14. The Morgan fingerprint density at radius 3 is 2.71 bits per heavy atom. The van der Waals surface area contributed by atoms with Gasteiger partial charge < -0.3 is 10.7 Å². The fourth-order valence-corrected chi connectivity index (χ4v) is 1.69. The summed E-state index contributed by atoms with van der Waals surface area (Å²) in [5.41, 5.74) is 0. The van der Waals surface area contributed by atoms with E-state index in [1.54, 1.807) is 0 Å². The van der Waals surface area contributed by atoms with Gasteiger partial charge in [0.15, 0.2) is 0 Å². The molecular weight excluding hydrogens is 184 g/mol. The minimum atomic E-state index is -0.464. The summed E-state index contributed by atoms with van der Waals surface area (Å²) in [5.74, 6) is 4.26. The highest BCUT2D eigenvalue weighted by Crippen LogP contribution is 2.18. The molecule has 0 unspecified atom stereocenters. The third-order valence-electron chi connectivity index (χ3n) is 2.35. The minimum Gasteiger partial charge on any atom is -0.331 e. The van der Waals surface area contributed by atoms with Crippen LogP contribution in [0.25, 0.3) is 0 Å². The van der Waals surface area contributed by atoms with Gasteiger partial charge in [-0.3, -0.25) is 9.59 Å². The maximum Gasteiger partial charge on any atom is 0.288 e. The van der Waals surface area contributed by atoms with Gasteiger partial charge in [-0.25, -0.2) is 0 Å². The maximum atomic E-state index is 11.4. The third kappa shape index (κ3) is 2.27. The predicted octanol–water partition coefficient (Wildman–Crippen LogP) is 0.240. The van der Waals surface area contributed by atoms with E-state index >= 15 is 0 Å². The molecule has 2 N–H and O–H groups in total. The zero-order valence-corrected chi connectivity index (χ0v) is 8.14. The first-order valence-corrected chi connectivity index (χ1v) is 4.59. The highest BCUT2D eigenvalue weighted by atomic mass is 16.2. The molecule has 0 aromatic carbocycles. The van der Waals surface area contributed by atoms with E-state index in [4.69, 9.17) is 5.84 Å². The van der Waals surface area contributed by atoms with E-state index in [0.29, 0.717) is 13.0 Å². The molecule has 6 heteroatoms. The Morgan fingerprint density at radius 1 is 1.43 bits per heavy atom. The lowest BCUT2D eigenvalue weighted by molar-refractivity contribution is -0.139. The van der Waals surface area contributed by atoms with E-state index in [1.165, 1.54) is 11.8 Å². The van der Waals surface area contributed by atoms with Crippen LogP contribution in [0.5, 0.6) is 0 Å². The second kappa shape index (κ2) is 4.69. The van der Waals surface area contributed by atoms with E-state index < -0.39 is 11.9 Å². The standard InChI is InChI=1S/C8H14N4O2/c1-6(13)12-5-3-2-4-7(12)8(14)10-11-9/h7H,2-5H2,1H3,(H2,9,10,14)/t7-/m1/s1. The molecule has 0 radical (unpaired) electrons. The summed E-state index contributed by atoms with van der Waals surface area (Å²) >= 11 is 0. The number of nitrogens with two attached hydrogens (primary N) is 1. The van der Waals surface area contributed by atoms with Crippen molar-refractivity contribution in [3.05, 3.63) is 0 Å². The Bertz CT molecular complexity index is 264. The van der Waals surface area contributed by atoms with Gasteiger partial charge in [-0.1, -0.05) is 10.3 Å². The number of rotatable bonds is 1. The van der Waals surface area contributed by atoms with E-state index in [9.17, 15) is 9.59 Å². The van der Waals surface area contributed by atoms with E-state index in [0.717, 1.165) is 12.8 Å². The number of likely N-dealkylation sites (tertiary alicyclic amines) is 1. The Kier molecular flexibility index (Phi) is 3.55.